The van der Waals surface area contributed by atoms with Crippen LogP contribution in [0.25, 0.3) is 0 Å². The van der Waals surface area contributed by atoms with Gasteiger partial charge in [-0.25, -0.2) is 0 Å². The second-order valence-corrected chi connectivity index (χ2v) is 4.01. The predicted molar refractivity (Wildman–Crippen MR) is 58.0 cm³/mol. The SMILES string of the molecule is CCCCCC(CCCC)C(=O)Cl. The Balaban J connectivity index is 3.61. The van der Waals surface area contributed by atoms with Gasteiger partial charge in [0.05, 0.1) is 0 Å². The third kappa shape index (κ3) is 7.06. The third-order valence-electron chi connectivity index (χ3n) is 2.38. The van der Waals surface area contributed by atoms with E-state index in [2.05, 4.69) is 13.8 Å². The van der Waals surface area contributed by atoms with Crippen LogP contribution in [0.5, 0.6) is 0 Å². The zero-order valence-corrected chi connectivity index (χ0v) is 9.57. The molecule has 1 atom stereocenters. The molecular weight excluding hydrogens is 184 g/mol. The quantitative estimate of drug-likeness (QED) is 0.429. The molecule has 0 aromatic heterocycles. The van der Waals surface area contributed by atoms with E-state index in [4.69, 9.17) is 11.6 Å². The predicted octanol–water partition coefficient (Wildman–Crippen LogP) is 4.14. The minimum absolute atomic E-state index is 0.119. The lowest BCUT2D eigenvalue weighted by molar-refractivity contribution is -0.115. The molecule has 0 aromatic rings. The maximum absolute atomic E-state index is 11.0. The maximum Gasteiger partial charge on any atom is 0.224 e. The fourth-order valence-electron chi connectivity index (χ4n) is 1.46. The first-order chi connectivity index (χ1) is 6.22. The summed E-state index contributed by atoms with van der Waals surface area (Å²) in [5.41, 5.74) is 0. The van der Waals surface area contributed by atoms with Crippen molar-refractivity contribution in [3.05, 3.63) is 0 Å². The number of carbonyl (C=O) groups is 1. The van der Waals surface area contributed by atoms with E-state index in [-0.39, 0.29) is 11.2 Å². The summed E-state index contributed by atoms with van der Waals surface area (Å²) in [7, 11) is 0. The first-order valence-corrected chi connectivity index (χ1v) is 5.79. The van der Waals surface area contributed by atoms with Crippen LogP contribution in [-0.4, -0.2) is 5.24 Å². The Morgan fingerprint density at radius 3 is 2.08 bits per heavy atom. The van der Waals surface area contributed by atoms with Crippen molar-refractivity contribution in [3.63, 3.8) is 0 Å². The van der Waals surface area contributed by atoms with Crippen LogP contribution in [0.1, 0.15) is 58.8 Å². The Morgan fingerprint density at radius 2 is 1.62 bits per heavy atom. The van der Waals surface area contributed by atoms with Crippen LogP contribution in [0.3, 0.4) is 0 Å². The maximum atomic E-state index is 11.0. The van der Waals surface area contributed by atoms with Gasteiger partial charge in [-0.15, -0.1) is 0 Å². The highest BCUT2D eigenvalue weighted by Crippen LogP contribution is 2.19. The summed E-state index contributed by atoms with van der Waals surface area (Å²) in [5, 5.41) is -0.135. The van der Waals surface area contributed by atoms with Gasteiger partial charge in [0.25, 0.3) is 0 Å². The van der Waals surface area contributed by atoms with Crippen LogP contribution >= 0.6 is 11.6 Å². The van der Waals surface area contributed by atoms with E-state index < -0.39 is 0 Å². The number of hydrogen-bond donors (Lipinski definition) is 0. The van der Waals surface area contributed by atoms with E-state index in [1.54, 1.807) is 0 Å². The molecule has 0 N–H and O–H groups in total. The van der Waals surface area contributed by atoms with E-state index in [0.717, 1.165) is 32.1 Å². The van der Waals surface area contributed by atoms with E-state index >= 15 is 0 Å². The molecule has 0 aliphatic carbocycles. The highest BCUT2D eigenvalue weighted by atomic mass is 35.5. The lowest BCUT2D eigenvalue weighted by Crippen LogP contribution is -2.08. The molecule has 0 spiro atoms. The van der Waals surface area contributed by atoms with Crippen molar-refractivity contribution in [3.8, 4) is 0 Å². The zero-order valence-electron chi connectivity index (χ0n) is 8.81. The molecule has 1 nitrogen and oxygen atoms in total. The molecule has 0 saturated heterocycles. The standard InChI is InChI=1S/C11H21ClO/c1-3-5-7-9-10(11(12)13)8-6-4-2/h10H,3-9H2,1-2H3. The minimum Gasteiger partial charge on any atom is -0.281 e. The summed E-state index contributed by atoms with van der Waals surface area (Å²) in [6.07, 6.45) is 7.79. The molecular formula is C11H21ClO. The van der Waals surface area contributed by atoms with Crippen LogP contribution in [0.4, 0.5) is 0 Å². The topological polar surface area (TPSA) is 17.1 Å². The summed E-state index contributed by atoms with van der Waals surface area (Å²) in [6, 6.07) is 0. The zero-order chi connectivity index (χ0) is 10.1. The summed E-state index contributed by atoms with van der Waals surface area (Å²) >= 11 is 5.52. The molecule has 1 unspecified atom stereocenters. The molecule has 0 aliphatic heterocycles. The normalized spacial score (nSPS) is 12.8. The number of rotatable bonds is 8. The Bertz CT molecular complexity index is 134. The van der Waals surface area contributed by atoms with Crippen LogP contribution in [0.2, 0.25) is 0 Å². The molecule has 0 amide bonds. The summed E-state index contributed by atoms with van der Waals surface area (Å²) in [4.78, 5) is 11.0. The van der Waals surface area contributed by atoms with Crippen LogP contribution in [-0.2, 0) is 4.79 Å². The lowest BCUT2D eigenvalue weighted by Gasteiger charge is -2.10. The summed E-state index contributed by atoms with van der Waals surface area (Å²) in [6.45, 7) is 4.31. The molecule has 0 fully saturated rings. The monoisotopic (exact) mass is 204 g/mol. The van der Waals surface area contributed by atoms with Crippen molar-refractivity contribution in [2.45, 2.75) is 58.8 Å². The Morgan fingerprint density at radius 1 is 1.08 bits per heavy atom. The van der Waals surface area contributed by atoms with Crippen molar-refractivity contribution in [2.75, 3.05) is 0 Å². The number of unbranched alkanes of at least 4 members (excludes halogenated alkanes) is 3. The smallest absolute Gasteiger partial charge is 0.224 e. The van der Waals surface area contributed by atoms with Crippen LogP contribution < -0.4 is 0 Å². The molecule has 0 bridgehead atoms. The molecule has 2 heteroatoms. The van der Waals surface area contributed by atoms with E-state index in [1.165, 1.54) is 12.8 Å². The van der Waals surface area contributed by atoms with Gasteiger partial charge >= 0.3 is 0 Å². The molecule has 0 aliphatic rings. The van der Waals surface area contributed by atoms with Gasteiger partial charge in [0.15, 0.2) is 0 Å². The average Bonchev–Trinajstić information content (AvgIpc) is 2.10. The van der Waals surface area contributed by atoms with Gasteiger partial charge in [0.1, 0.15) is 0 Å². The molecule has 0 rings (SSSR count). The fraction of sp³-hybridized carbons (Fsp3) is 0.909. The first-order valence-electron chi connectivity index (χ1n) is 5.41. The average molecular weight is 205 g/mol. The van der Waals surface area contributed by atoms with E-state index in [0.29, 0.717) is 0 Å². The van der Waals surface area contributed by atoms with Crippen molar-refractivity contribution >= 4 is 16.8 Å². The molecule has 0 saturated carbocycles. The first kappa shape index (κ1) is 13.0. The van der Waals surface area contributed by atoms with Gasteiger partial charge in [-0.1, -0.05) is 46.0 Å². The highest BCUT2D eigenvalue weighted by molar-refractivity contribution is 6.63. The summed E-state index contributed by atoms with van der Waals surface area (Å²) < 4.78 is 0. The van der Waals surface area contributed by atoms with E-state index in [1.807, 2.05) is 0 Å². The van der Waals surface area contributed by atoms with Crippen LogP contribution in [0.15, 0.2) is 0 Å². The van der Waals surface area contributed by atoms with Gasteiger partial charge in [-0.3, -0.25) is 4.79 Å². The van der Waals surface area contributed by atoms with Gasteiger partial charge in [-0.05, 0) is 24.4 Å². The van der Waals surface area contributed by atoms with Gasteiger partial charge in [0, 0.05) is 5.92 Å². The highest BCUT2D eigenvalue weighted by Gasteiger charge is 2.14. The van der Waals surface area contributed by atoms with Crippen molar-refractivity contribution < 1.29 is 4.79 Å². The molecule has 0 radical (unpaired) electrons. The van der Waals surface area contributed by atoms with Crippen molar-refractivity contribution in [1.82, 2.24) is 0 Å². The largest absolute Gasteiger partial charge is 0.281 e. The lowest BCUT2D eigenvalue weighted by atomic mass is 9.97. The van der Waals surface area contributed by atoms with E-state index in [9.17, 15) is 4.79 Å². The fourth-order valence-corrected chi connectivity index (χ4v) is 1.68. The van der Waals surface area contributed by atoms with Gasteiger partial charge in [-0.2, -0.15) is 0 Å². The molecule has 0 heterocycles. The number of carbonyl (C=O) groups excluding carboxylic acids is 1. The van der Waals surface area contributed by atoms with Gasteiger partial charge < -0.3 is 0 Å². The second kappa shape index (κ2) is 8.55. The van der Waals surface area contributed by atoms with Crippen molar-refractivity contribution in [2.24, 2.45) is 5.92 Å². The second-order valence-electron chi connectivity index (χ2n) is 3.64. The van der Waals surface area contributed by atoms with Crippen molar-refractivity contribution in [1.29, 1.82) is 0 Å². The number of hydrogen-bond acceptors (Lipinski definition) is 1. The summed E-state index contributed by atoms with van der Waals surface area (Å²) in [5.74, 6) is 0.119. The Labute approximate surface area is 86.9 Å². The Hall–Kier alpha value is -0.0400. The molecule has 78 valence electrons. The molecule has 0 aromatic carbocycles. The van der Waals surface area contributed by atoms with Crippen LogP contribution in [0, 0.1) is 5.92 Å². The Kier molecular flexibility index (Phi) is 8.53. The minimum atomic E-state index is -0.135. The number of halogens is 1. The van der Waals surface area contributed by atoms with Gasteiger partial charge in [0.2, 0.25) is 5.24 Å². The third-order valence-corrected chi connectivity index (χ3v) is 2.69. The molecule has 13 heavy (non-hydrogen) atoms.